The second-order valence-corrected chi connectivity index (χ2v) is 7.36. The van der Waals surface area contributed by atoms with Crippen molar-refractivity contribution >= 4 is 0 Å². The molecule has 0 aromatic rings. The molecule has 0 aromatic heterocycles. The average Bonchev–Trinajstić information content (AvgIpc) is 2.37. The van der Waals surface area contributed by atoms with Crippen molar-refractivity contribution < 1.29 is 20.4 Å². The van der Waals surface area contributed by atoms with Crippen LogP contribution in [-0.2, 0) is 0 Å². The second-order valence-electron chi connectivity index (χ2n) is 7.36. The molecule has 2 unspecified atom stereocenters. The molecule has 0 heterocycles. The minimum Gasteiger partial charge on any atom is -0.396 e. The van der Waals surface area contributed by atoms with E-state index in [-0.39, 0.29) is 43.2 Å². The van der Waals surface area contributed by atoms with Gasteiger partial charge in [-0.2, -0.15) is 0 Å². The number of aliphatic hydroxyl groups is 4. The molecule has 124 valence electrons. The summed E-state index contributed by atoms with van der Waals surface area (Å²) < 4.78 is 0. The van der Waals surface area contributed by atoms with Gasteiger partial charge in [-0.3, -0.25) is 0 Å². The molecule has 4 N–H and O–H groups in total. The Balaban J connectivity index is 0. The Morgan fingerprint density at radius 1 is 0.850 bits per heavy atom. The van der Waals surface area contributed by atoms with E-state index in [0.29, 0.717) is 5.92 Å². The maximum Gasteiger partial charge on any atom is 0.0482 e. The van der Waals surface area contributed by atoms with E-state index in [4.69, 9.17) is 20.4 Å². The van der Waals surface area contributed by atoms with Gasteiger partial charge in [-0.15, -0.1) is 0 Å². The van der Waals surface area contributed by atoms with Crippen molar-refractivity contribution in [3.63, 3.8) is 0 Å². The van der Waals surface area contributed by atoms with Gasteiger partial charge in [0.2, 0.25) is 0 Å². The zero-order chi connectivity index (χ0) is 16.4. The largest absolute Gasteiger partial charge is 0.396 e. The third-order valence-corrected chi connectivity index (χ3v) is 4.00. The quantitative estimate of drug-likeness (QED) is 0.552. The van der Waals surface area contributed by atoms with E-state index < -0.39 is 0 Å². The molecule has 0 fully saturated rings. The van der Waals surface area contributed by atoms with Crippen LogP contribution < -0.4 is 0 Å². The van der Waals surface area contributed by atoms with Gasteiger partial charge in [-0.1, -0.05) is 41.5 Å². The molecule has 20 heavy (non-hydrogen) atoms. The van der Waals surface area contributed by atoms with E-state index in [9.17, 15) is 0 Å². The topological polar surface area (TPSA) is 80.9 Å². The molecule has 0 aliphatic carbocycles. The maximum absolute atomic E-state index is 8.86. The fraction of sp³-hybridized carbons (Fsp3) is 1.00. The molecule has 0 rings (SSSR count). The highest BCUT2D eigenvalue weighted by Gasteiger charge is 2.24. The van der Waals surface area contributed by atoms with Crippen LogP contribution in [0, 0.1) is 22.7 Å². The highest BCUT2D eigenvalue weighted by atomic mass is 16.3. The van der Waals surface area contributed by atoms with Crippen LogP contribution in [0.2, 0.25) is 0 Å². The first-order valence-electron chi connectivity index (χ1n) is 7.49. The summed E-state index contributed by atoms with van der Waals surface area (Å²) in [6.07, 6.45) is 1.63. The average molecular weight is 292 g/mol. The van der Waals surface area contributed by atoms with Gasteiger partial charge in [0.05, 0.1) is 0 Å². The van der Waals surface area contributed by atoms with Gasteiger partial charge in [-0.05, 0) is 35.5 Å². The smallest absolute Gasteiger partial charge is 0.0482 e. The molecular weight excluding hydrogens is 256 g/mol. The Kier molecular flexibility index (Phi) is 11.7. The molecule has 0 saturated heterocycles. The molecular formula is C16H36O4. The van der Waals surface area contributed by atoms with Crippen LogP contribution in [0.5, 0.6) is 0 Å². The first-order valence-corrected chi connectivity index (χ1v) is 7.49. The van der Waals surface area contributed by atoms with Crippen molar-refractivity contribution in [3.05, 3.63) is 0 Å². The zero-order valence-corrected chi connectivity index (χ0v) is 14.2. The van der Waals surface area contributed by atoms with Gasteiger partial charge in [0.25, 0.3) is 0 Å². The van der Waals surface area contributed by atoms with Crippen molar-refractivity contribution in [2.45, 2.75) is 54.4 Å². The summed E-state index contributed by atoms with van der Waals surface area (Å²) in [5, 5.41) is 35.0. The van der Waals surface area contributed by atoms with Crippen LogP contribution in [-0.4, -0.2) is 46.9 Å². The minimum atomic E-state index is -0.0395. The van der Waals surface area contributed by atoms with E-state index in [2.05, 4.69) is 13.8 Å². The summed E-state index contributed by atoms with van der Waals surface area (Å²) in [4.78, 5) is 0. The summed E-state index contributed by atoms with van der Waals surface area (Å²) in [5.41, 5.74) is 0.0195. The summed E-state index contributed by atoms with van der Waals surface area (Å²) in [7, 11) is 0. The van der Waals surface area contributed by atoms with Crippen LogP contribution in [0.15, 0.2) is 0 Å². The number of rotatable bonds is 8. The normalized spacial score (nSPS) is 15.3. The van der Waals surface area contributed by atoms with Crippen LogP contribution in [0.1, 0.15) is 54.4 Å². The Hall–Kier alpha value is -0.160. The second kappa shape index (κ2) is 10.6. The fourth-order valence-electron chi connectivity index (χ4n) is 1.85. The summed E-state index contributed by atoms with van der Waals surface area (Å²) in [6.45, 7) is 12.9. The Morgan fingerprint density at radius 2 is 1.35 bits per heavy atom. The third-order valence-electron chi connectivity index (χ3n) is 4.00. The Labute approximate surface area is 124 Å². The fourth-order valence-corrected chi connectivity index (χ4v) is 1.85. The predicted molar refractivity (Wildman–Crippen MR) is 83.5 cm³/mol. The SMILES string of the molecule is CC(CO)C(C)(C)CCO.CC(CO)CC(C)(C)CO. The number of hydrogen-bond acceptors (Lipinski definition) is 4. The molecule has 0 radical (unpaired) electrons. The predicted octanol–water partition coefficient (Wildman–Crippen LogP) is 2.05. The highest BCUT2D eigenvalue weighted by molar-refractivity contribution is 4.73. The first-order chi connectivity index (χ1) is 9.06. The van der Waals surface area contributed by atoms with Gasteiger partial charge < -0.3 is 20.4 Å². The molecule has 0 amide bonds. The van der Waals surface area contributed by atoms with Crippen molar-refractivity contribution in [2.24, 2.45) is 22.7 Å². The van der Waals surface area contributed by atoms with Crippen molar-refractivity contribution in [3.8, 4) is 0 Å². The lowest BCUT2D eigenvalue weighted by molar-refractivity contribution is 0.101. The molecule has 4 nitrogen and oxygen atoms in total. The standard InChI is InChI=1S/2C8H18O2/c1-7(5-9)4-8(2,3)6-10;1-7(6-10)8(2,3)4-5-9/h2*7,9-10H,4-6H2,1-3H3. The van der Waals surface area contributed by atoms with Crippen LogP contribution in [0.3, 0.4) is 0 Å². The van der Waals surface area contributed by atoms with Gasteiger partial charge in [0.1, 0.15) is 0 Å². The van der Waals surface area contributed by atoms with E-state index in [1.165, 1.54) is 0 Å². The Bertz CT molecular complexity index is 227. The van der Waals surface area contributed by atoms with E-state index in [1.807, 2.05) is 27.7 Å². The molecule has 0 spiro atoms. The molecule has 0 bridgehead atoms. The van der Waals surface area contributed by atoms with Gasteiger partial charge in [0.15, 0.2) is 0 Å². The third kappa shape index (κ3) is 10.6. The van der Waals surface area contributed by atoms with E-state index in [0.717, 1.165) is 12.8 Å². The van der Waals surface area contributed by atoms with E-state index >= 15 is 0 Å². The molecule has 0 saturated carbocycles. The molecule has 4 heteroatoms. The van der Waals surface area contributed by atoms with Crippen molar-refractivity contribution in [2.75, 3.05) is 26.4 Å². The lowest BCUT2D eigenvalue weighted by Crippen LogP contribution is -2.25. The Morgan fingerprint density at radius 3 is 1.65 bits per heavy atom. The van der Waals surface area contributed by atoms with Crippen LogP contribution in [0.4, 0.5) is 0 Å². The maximum atomic E-state index is 8.86. The monoisotopic (exact) mass is 292 g/mol. The highest BCUT2D eigenvalue weighted by Crippen LogP contribution is 2.29. The van der Waals surface area contributed by atoms with Crippen LogP contribution in [0.25, 0.3) is 0 Å². The zero-order valence-electron chi connectivity index (χ0n) is 14.2. The molecule has 2 atom stereocenters. The summed E-state index contributed by atoms with van der Waals surface area (Å²) in [5.74, 6) is 0.557. The minimum absolute atomic E-state index is 0.0395. The van der Waals surface area contributed by atoms with Gasteiger partial charge >= 0.3 is 0 Å². The number of hydrogen-bond donors (Lipinski definition) is 4. The first kappa shape index (κ1) is 22.1. The van der Waals surface area contributed by atoms with E-state index in [1.54, 1.807) is 0 Å². The molecule has 0 aliphatic heterocycles. The van der Waals surface area contributed by atoms with Crippen LogP contribution >= 0.6 is 0 Å². The summed E-state index contributed by atoms with van der Waals surface area (Å²) >= 11 is 0. The van der Waals surface area contributed by atoms with Gasteiger partial charge in [0, 0.05) is 26.4 Å². The lowest BCUT2D eigenvalue weighted by atomic mass is 9.78. The van der Waals surface area contributed by atoms with Crippen molar-refractivity contribution in [1.29, 1.82) is 0 Å². The number of aliphatic hydroxyl groups excluding tert-OH is 4. The van der Waals surface area contributed by atoms with Crippen molar-refractivity contribution in [1.82, 2.24) is 0 Å². The molecule has 0 aliphatic rings. The van der Waals surface area contributed by atoms with Gasteiger partial charge in [-0.25, -0.2) is 0 Å². The summed E-state index contributed by atoms with van der Waals surface area (Å²) in [6, 6.07) is 0. The molecule has 0 aromatic carbocycles. The lowest BCUT2D eigenvalue weighted by Gasteiger charge is -2.29.